The highest BCUT2D eigenvalue weighted by molar-refractivity contribution is 6.31. The van der Waals surface area contributed by atoms with Gasteiger partial charge in [0.1, 0.15) is 11.3 Å². The van der Waals surface area contributed by atoms with E-state index in [1.54, 1.807) is 0 Å². The van der Waals surface area contributed by atoms with Gasteiger partial charge in [0.05, 0.1) is 0 Å². The maximum Gasteiger partial charge on any atom is 0.134 e. The van der Waals surface area contributed by atoms with Crippen molar-refractivity contribution in [3.8, 4) is 0 Å². The Morgan fingerprint density at radius 3 is 3.00 bits per heavy atom. The minimum Gasteiger partial charge on any atom is -0.456 e. The van der Waals surface area contributed by atoms with E-state index in [-0.39, 0.29) is 0 Å². The zero-order valence-electron chi connectivity index (χ0n) is 9.16. The predicted molar refractivity (Wildman–Crippen MR) is 68.5 cm³/mol. The van der Waals surface area contributed by atoms with Crippen molar-refractivity contribution in [2.45, 2.75) is 13.3 Å². The number of benzene rings is 1. The van der Waals surface area contributed by atoms with Crippen LogP contribution in [0.1, 0.15) is 19.1 Å². The van der Waals surface area contributed by atoms with E-state index in [9.17, 15) is 0 Å². The normalized spacial score (nSPS) is 12.3. The van der Waals surface area contributed by atoms with E-state index in [2.05, 4.69) is 6.08 Å². The lowest BCUT2D eigenvalue weighted by atomic mass is 10.2. The minimum absolute atomic E-state index is 0.656. The molecule has 1 aromatic carbocycles. The molecular formula is C13H14ClNO. The van der Waals surface area contributed by atoms with Crippen molar-refractivity contribution in [1.29, 1.82) is 0 Å². The second-order valence-electron chi connectivity index (χ2n) is 3.76. The molecule has 0 aliphatic rings. The first-order chi connectivity index (χ1) is 7.70. The Morgan fingerprint density at radius 2 is 2.25 bits per heavy atom. The van der Waals surface area contributed by atoms with Gasteiger partial charge >= 0.3 is 0 Å². The number of fused-ring (bicyclic) bond motifs is 1. The van der Waals surface area contributed by atoms with Gasteiger partial charge in [0, 0.05) is 10.4 Å². The van der Waals surface area contributed by atoms with Crippen LogP contribution in [0, 0.1) is 0 Å². The highest BCUT2D eigenvalue weighted by atomic mass is 35.5. The third-order valence-corrected chi connectivity index (χ3v) is 2.72. The summed E-state index contributed by atoms with van der Waals surface area (Å²) in [5.74, 6) is 0.880. The molecule has 3 heteroatoms. The van der Waals surface area contributed by atoms with Gasteiger partial charge in [-0.15, -0.1) is 0 Å². The van der Waals surface area contributed by atoms with Gasteiger partial charge in [-0.05, 0) is 49.7 Å². The Morgan fingerprint density at radius 1 is 1.44 bits per heavy atom. The van der Waals surface area contributed by atoms with Crippen LogP contribution in [0.3, 0.4) is 0 Å². The molecule has 2 aromatic rings. The van der Waals surface area contributed by atoms with Crippen LogP contribution in [0.5, 0.6) is 0 Å². The number of hydrogen-bond donors (Lipinski definition) is 1. The van der Waals surface area contributed by atoms with Crippen LogP contribution in [-0.4, -0.2) is 6.54 Å². The van der Waals surface area contributed by atoms with Crippen molar-refractivity contribution in [2.75, 3.05) is 6.54 Å². The first-order valence-electron chi connectivity index (χ1n) is 5.27. The maximum absolute atomic E-state index is 5.92. The summed E-state index contributed by atoms with van der Waals surface area (Å²) < 4.78 is 5.71. The number of allylic oxidation sites excluding steroid dienone is 1. The highest BCUT2D eigenvalue weighted by Gasteiger charge is 2.05. The quantitative estimate of drug-likeness (QED) is 0.878. The lowest BCUT2D eigenvalue weighted by Crippen LogP contribution is -1.95. The van der Waals surface area contributed by atoms with Gasteiger partial charge in [-0.2, -0.15) is 0 Å². The summed E-state index contributed by atoms with van der Waals surface area (Å²) in [5.41, 5.74) is 7.43. The first-order valence-corrected chi connectivity index (χ1v) is 5.65. The fourth-order valence-corrected chi connectivity index (χ4v) is 1.79. The Labute approximate surface area is 99.7 Å². The van der Waals surface area contributed by atoms with Crippen LogP contribution in [-0.2, 0) is 0 Å². The molecule has 0 saturated heterocycles. The molecule has 0 unspecified atom stereocenters. The molecule has 16 heavy (non-hydrogen) atoms. The molecular weight excluding hydrogens is 222 g/mol. The monoisotopic (exact) mass is 235 g/mol. The Bertz CT molecular complexity index is 528. The Kier molecular flexibility index (Phi) is 3.32. The summed E-state index contributed by atoms with van der Waals surface area (Å²) in [6.07, 6.45) is 2.95. The van der Waals surface area contributed by atoms with Gasteiger partial charge in [0.2, 0.25) is 0 Å². The zero-order valence-corrected chi connectivity index (χ0v) is 9.92. The van der Waals surface area contributed by atoms with Crippen molar-refractivity contribution in [3.05, 3.63) is 41.1 Å². The average Bonchev–Trinajstić information content (AvgIpc) is 2.68. The molecule has 0 aliphatic carbocycles. The molecule has 0 spiro atoms. The summed E-state index contributed by atoms with van der Waals surface area (Å²) in [4.78, 5) is 0. The largest absolute Gasteiger partial charge is 0.456 e. The SMILES string of the molecule is C/C(=C/CCN)c1cc2cc(Cl)ccc2o1. The molecule has 0 atom stereocenters. The van der Waals surface area contributed by atoms with Crippen molar-refractivity contribution in [2.24, 2.45) is 5.73 Å². The number of nitrogens with two attached hydrogens (primary N) is 1. The molecule has 1 aromatic heterocycles. The molecule has 0 radical (unpaired) electrons. The molecule has 0 saturated carbocycles. The molecule has 0 amide bonds. The van der Waals surface area contributed by atoms with E-state index in [4.69, 9.17) is 21.8 Å². The van der Waals surface area contributed by atoms with Crippen LogP contribution in [0.4, 0.5) is 0 Å². The number of hydrogen-bond acceptors (Lipinski definition) is 2. The molecule has 0 fully saturated rings. The third kappa shape index (κ3) is 2.29. The first kappa shape index (κ1) is 11.2. The van der Waals surface area contributed by atoms with Crippen molar-refractivity contribution in [1.82, 2.24) is 0 Å². The summed E-state index contributed by atoms with van der Waals surface area (Å²) in [5, 5.41) is 1.76. The number of furan rings is 1. The van der Waals surface area contributed by atoms with E-state index >= 15 is 0 Å². The van der Waals surface area contributed by atoms with Gasteiger partial charge in [-0.25, -0.2) is 0 Å². The molecule has 0 aliphatic heterocycles. The molecule has 0 bridgehead atoms. The second-order valence-corrected chi connectivity index (χ2v) is 4.19. The van der Waals surface area contributed by atoms with E-state index in [0.717, 1.165) is 33.7 Å². The van der Waals surface area contributed by atoms with E-state index < -0.39 is 0 Å². The average molecular weight is 236 g/mol. The van der Waals surface area contributed by atoms with E-state index in [0.29, 0.717) is 6.54 Å². The summed E-state index contributed by atoms with van der Waals surface area (Å²) in [7, 11) is 0. The minimum atomic E-state index is 0.656. The van der Waals surface area contributed by atoms with Crippen molar-refractivity contribution < 1.29 is 4.42 Å². The van der Waals surface area contributed by atoms with Crippen LogP contribution in [0.2, 0.25) is 5.02 Å². The van der Waals surface area contributed by atoms with Gasteiger partial charge in [-0.1, -0.05) is 17.7 Å². The van der Waals surface area contributed by atoms with Gasteiger partial charge in [0.15, 0.2) is 0 Å². The fraction of sp³-hybridized carbons (Fsp3) is 0.231. The van der Waals surface area contributed by atoms with Gasteiger partial charge in [-0.3, -0.25) is 0 Å². The molecule has 1 heterocycles. The molecule has 84 valence electrons. The summed E-state index contributed by atoms with van der Waals surface area (Å²) in [6.45, 7) is 2.68. The Hall–Kier alpha value is -1.25. The third-order valence-electron chi connectivity index (χ3n) is 2.48. The van der Waals surface area contributed by atoms with Crippen LogP contribution >= 0.6 is 11.6 Å². The summed E-state index contributed by atoms with van der Waals surface area (Å²) in [6, 6.07) is 7.62. The lowest BCUT2D eigenvalue weighted by molar-refractivity contribution is 0.599. The standard InChI is InChI=1S/C13H14ClNO/c1-9(3-2-6-15)13-8-10-7-11(14)4-5-12(10)16-13/h3-5,7-8H,2,6,15H2,1H3/b9-3-. The van der Waals surface area contributed by atoms with Crippen molar-refractivity contribution >= 4 is 28.1 Å². The van der Waals surface area contributed by atoms with E-state index in [1.807, 2.05) is 31.2 Å². The number of halogens is 1. The topological polar surface area (TPSA) is 39.2 Å². The highest BCUT2D eigenvalue weighted by Crippen LogP contribution is 2.26. The Balaban J connectivity index is 2.39. The van der Waals surface area contributed by atoms with Crippen molar-refractivity contribution in [3.63, 3.8) is 0 Å². The number of rotatable bonds is 3. The molecule has 2 rings (SSSR count). The maximum atomic E-state index is 5.92. The zero-order chi connectivity index (χ0) is 11.5. The van der Waals surface area contributed by atoms with Gasteiger partial charge < -0.3 is 10.2 Å². The van der Waals surface area contributed by atoms with Crippen LogP contribution in [0.25, 0.3) is 16.5 Å². The second kappa shape index (κ2) is 4.73. The van der Waals surface area contributed by atoms with E-state index in [1.165, 1.54) is 0 Å². The summed E-state index contributed by atoms with van der Waals surface area (Å²) >= 11 is 5.92. The predicted octanol–water partition coefficient (Wildman–Crippen LogP) is 3.84. The van der Waals surface area contributed by atoms with Gasteiger partial charge in [0.25, 0.3) is 0 Å². The van der Waals surface area contributed by atoms with Crippen LogP contribution < -0.4 is 5.73 Å². The molecule has 2 nitrogen and oxygen atoms in total. The fourth-order valence-electron chi connectivity index (χ4n) is 1.61. The van der Waals surface area contributed by atoms with Crippen LogP contribution in [0.15, 0.2) is 34.8 Å². The lowest BCUT2D eigenvalue weighted by Gasteiger charge is -1.94. The smallest absolute Gasteiger partial charge is 0.134 e. The molecule has 2 N–H and O–H groups in total.